The van der Waals surface area contributed by atoms with Gasteiger partial charge in [0.25, 0.3) is 0 Å². The molecular weight excluding hydrogens is 887 g/mol. The Hall–Kier alpha value is -1.40. The van der Waals surface area contributed by atoms with Crippen molar-refractivity contribution in [2.75, 3.05) is 6.61 Å². The Kier molecular flexibility index (Phi) is 59.3. The van der Waals surface area contributed by atoms with Gasteiger partial charge in [-0.15, -0.1) is 0 Å². The third-order valence-electron chi connectivity index (χ3n) is 15.6. The van der Waals surface area contributed by atoms with Gasteiger partial charge in [-0.05, 0) is 51.4 Å². The molecule has 0 saturated carbocycles. The minimum absolute atomic E-state index is 0.0857. The van der Waals surface area contributed by atoms with Crippen LogP contribution in [0.15, 0.2) is 12.2 Å². The minimum atomic E-state index is -0.784. The summed E-state index contributed by atoms with van der Waals surface area (Å²) >= 11 is 0. The first-order chi connectivity index (χ1) is 35.5. The number of hydrogen-bond donors (Lipinski definition) is 3. The van der Waals surface area contributed by atoms with Crippen molar-refractivity contribution in [2.45, 2.75) is 392 Å². The van der Waals surface area contributed by atoms with Crippen molar-refractivity contribution in [2.24, 2.45) is 0 Å². The normalized spacial score (nSPS) is 13.0. The number of aliphatic hydroxyl groups is 2. The van der Waals surface area contributed by atoms with Crippen molar-refractivity contribution in [3.63, 3.8) is 0 Å². The zero-order valence-corrected chi connectivity index (χ0v) is 49.1. The predicted octanol–water partition coefficient (Wildman–Crippen LogP) is 20.8. The van der Waals surface area contributed by atoms with Gasteiger partial charge in [0.15, 0.2) is 0 Å². The number of unbranched alkanes of at least 4 members (excludes halogenated alkanes) is 47. The lowest BCUT2D eigenvalue weighted by atomic mass is 10.0. The monoisotopic (exact) mass is 1020 g/mol. The van der Waals surface area contributed by atoms with Crippen molar-refractivity contribution in [3.8, 4) is 0 Å². The van der Waals surface area contributed by atoms with Crippen LogP contribution in [-0.4, -0.2) is 46.9 Å². The van der Waals surface area contributed by atoms with Crippen molar-refractivity contribution < 1.29 is 24.5 Å². The molecule has 0 aromatic carbocycles. The van der Waals surface area contributed by atoms with Crippen molar-refractivity contribution in [1.29, 1.82) is 0 Å². The van der Waals surface area contributed by atoms with Crippen LogP contribution in [-0.2, 0) is 14.3 Å². The fraction of sp³-hybridized carbons (Fsp3) is 0.939. The van der Waals surface area contributed by atoms with Gasteiger partial charge in [0.2, 0.25) is 5.91 Å². The summed E-state index contributed by atoms with van der Waals surface area (Å²) in [6, 6.07) is -0.697. The number of amides is 1. The summed E-state index contributed by atoms with van der Waals surface area (Å²) in [5.41, 5.74) is 0. The summed E-state index contributed by atoms with van der Waals surface area (Å²) in [5.74, 6) is -0.446. The number of rotatable bonds is 61. The maximum atomic E-state index is 13.3. The van der Waals surface area contributed by atoms with E-state index in [1.54, 1.807) is 0 Å². The summed E-state index contributed by atoms with van der Waals surface area (Å²) < 4.78 is 6.00. The molecule has 0 bridgehead atoms. The Balaban J connectivity index is 4.47. The maximum Gasteiger partial charge on any atom is 0.306 e. The maximum absolute atomic E-state index is 13.3. The Morgan fingerprint density at radius 2 is 0.667 bits per heavy atom. The lowest BCUT2D eigenvalue weighted by Crippen LogP contribution is -2.46. The molecule has 0 aromatic heterocycles. The van der Waals surface area contributed by atoms with Crippen LogP contribution in [0.5, 0.6) is 0 Å². The highest BCUT2D eigenvalue weighted by molar-refractivity contribution is 5.77. The Morgan fingerprint density at radius 3 is 0.986 bits per heavy atom. The number of carbonyl (C=O) groups is 2. The first kappa shape index (κ1) is 70.6. The average molecular weight is 1020 g/mol. The topological polar surface area (TPSA) is 95.9 Å². The van der Waals surface area contributed by atoms with Gasteiger partial charge in [-0.25, -0.2) is 0 Å². The largest absolute Gasteiger partial charge is 0.462 e. The molecule has 3 unspecified atom stereocenters. The van der Waals surface area contributed by atoms with Crippen LogP contribution in [0, 0.1) is 0 Å². The number of aliphatic hydroxyl groups excluding tert-OH is 2. The van der Waals surface area contributed by atoms with E-state index in [1.807, 2.05) is 0 Å². The van der Waals surface area contributed by atoms with Gasteiger partial charge in [-0.1, -0.05) is 322 Å². The summed E-state index contributed by atoms with van der Waals surface area (Å²) in [7, 11) is 0. The molecule has 0 spiro atoms. The first-order valence-corrected chi connectivity index (χ1v) is 32.9. The molecule has 0 aliphatic heterocycles. The fourth-order valence-electron chi connectivity index (χ4n) is 10.6. The van der Waals surface area contributed by atoms with Crippen LogP contribution in [0.1, 0.15) is 374 Å². The molecule has 0 aliphatic carbocycles. The van der Waals surface area contributed by atoms with Gasteiger partial charge in [-0.2, -0.15) is 0 Å². The summed E-state index contributed by atoms with van der Waals surface area (Å²) in [6.07, 6.45) is 71.5. The van der Waals surface area contributed by atoms with E-state index in [2.05, 4.69) is 38.2 Å². The Labute approximate surface area is 450 Å². The molecule has 0 heterocycles. The van der Waals surface area contributed by atoms with Gasteiger partial charge in [-0.3, -0.25) is 9.59 Å². The fourth-order valence-corrected chi connectivity index (χ4v) is 10.6. The third kappa shape index (κ3) is 54.8. The molecule has 0 radical (unpaired) electrons. The molecule has 1 amide bonds. The predicted molar refractivity (Wildman–Crippen MR) is 315 cm³/mol. The molecule has 0 fully saturated rings. The molecule has 0 aliphatic rings. The van der Waals surface area contributed by atoms with Crippen LogP contribution in [0.2, 0.25) is 0 Å². The lowest BCUT2D eigenvalue weighted by Gasteiger charge is -2.24. The highest BCUT2D eigenvalue weighted by atomic mass is 16.5. The van der Waals surface area contributed by atoms with Crippen molar-refractivity contribution >= 4 is 11.9 Å². The number of nitrogens with one attached hydrogen (secondary N) is 1. The molecule has 428 valence electrons. The lowest BCUT2D eigenvalue weighted by molar-refractivity contribution is -0.151. The van der Waals surface area contributed by atoms with Crippen LogP contribution >= 0.6 is 0 Å². The van der Waals surface area contributed by atoms with Crippen LogP contribution in [0.3, 0.4) is 0 Å². The van der Waals surface area contributed by atoms with Crippen molar-refractivity contribution in [1.82, 2.24) is 5.32 Å². The Morgan fingerprint density at radius 1 is 0.389 bits per heavy atom. The van der Waals surface area contributed by atoms with E-state index in [1.165, 1.54) is 283 Å². The van der Waals surface area contributed by atoms with Gasteiger partial charge in [0.05, 0.1) is 25.2 Å². The molecule has 3 N–H and O–H groups in total. The second kappa shape index (κ2) is 60.5. The Bertz CT molecular complexity index is 1100. The number of hydrogen-bond acceptors (Lipinski definition) is 5. The molecule has 0 aromatic rings. The quantitative estimate of drug-likeness (QED) is 0.0320. The highest BCUT2D eigenvalue weighted by Gasteiger charge is 2.24. The second-order valence-corrected chi connectivity index (χ2v) is 22.9. The summed E-state index contributed by atoms with van der Waals surface area (Å²) in [4.78, 5) is 26.4. The van der Waals surface area contributed by atoms with E-state index >= 15 is 0 Å². The zero-order chi connectivity index (χ0) is 52.3. The molecule has 6 nitrogen and oxygen atoms in total. The molecular formula is C66H129NO5. The van der Waals surface area contributed by atoms with Gasteiger partial charge in [0, 0.05) is 6.42 Å². The van der Waals surface area contributed by atoms with E-state index < -0.39 is 18.2 Å². The standard InChI is InChI=1S/C66H129NO5/c1-4-7-10-13-16-19-22-25-28-31-32-35-38-41-44-47-50-53-56-59-66(71)72-62(57-54-51-48-45-42-39-36-33-29-26-23-20-17-14-11-8-5-2)60-65(70)67-63(61-68)64(69)58-55-52-49-46-43-40-37-34-30-27-24-21-18-15-12-9-6-3/h25,28,62-64,68-69H,4-24,26-27,29-61H2,1-3H3,(H,67,70)/b28-25+. The van der Waals surface area contributed by atoms with Crippen molar-refractivity contribution in [3.05, 3.63) is 12.2 Å². The van der Waals surface area contributed by atoms with E-state index in [0.717, 1.165) is 44.9 Å². The minimum Gasteiger partial charge on any atom is -0.462 e. The van der Waals surface area contributed by atoms with Gasteiger partial charge in [0.1, 0.15) is 6.10 Å². The van der Waals surface area contributed by atoms with Crippen LogP contribution in [0.25, 0.3) is 0 Å². The number of ether oxygens (including phenoxy) is 1. The van der Waals surface area contributed by atoms with E-state index in [4.69, 9.17) is 4.74 Å². The summed E-state index contributed by atoms with van der Waals surface area (Å²) in [6.45, 7) is 6.55. The third-order valence-corrected chi connectivity index (χ3v) is 15.6. The molecule has 3 atom stereocenters. The number of allylic oxidation sites excluding steroid dienone is 2. The SMILES string of the molecule is CCCCCCCC/C=C/CCCCCCCCCCCC(=O)OC(CCCCCCCCCCCCCCCCCCC)CC(=O)NC(CO)C(O)CCCCCCCCCCCCCCCCCCC. The molecule has 72 heavy (non-hydrogen) atoms. The molecule has 0 rings (SSSR count). The highest BCUT2D eigenvalue weighted by Crippen LogP contribution is 2.20. The number of carbonyl (C=O) groups excluding carboxylic acids is 2. The average Bonchev–Trinajstić information content (AvgIpc) is 3.37. The summed E-state index contributed by atoms with van der Waals surface area (Å²) in [5, 5.41) is 24.0. The molecule has 6 heteroatoms. The van der Waals surface area contributed by atoms with Crippen LogP contribution in [0.4, 0.5) is 0 Å². The zero-order valence-electron chi connectivity index (χ0n) is 49.1. The molecule has 0 saturated heterocycles. The van der Waals surface area contributed by atoms with E-state index in [-0.39, 0.29) is 24.9 Å². The van der Waals surface area contributed by atoms with Gasteiger partial charge < -0.3 is 20.3 Å². The number of esters is 1. The second-order valence-electron chi connectivity index (χ2n) is 22.9. The van der Waals surface area contributed by atoms with Gasteiger partial charge >= 0.3 is 5.97 Å². The first-order valence-electron chi connectivity index (χ1n) is 32.9. The van der Waals surface area contributed by atoms with Crippen LogP contribution < -0.4 is 5.32 Å². The smallest absolute Gasteiger partial charge is 0.306 e. The van der Waals surface area contributed by atoms with E-state index in [0.29, 0.717) is 19.3 Å². The van der Waals surface area contributed by atoms with E-state index in [9.17, 15) is 19.8 Å².